The van der Waals surface area contributed by atoms with Gasteiger partial charge in [0.25, 0.3) is 0 Å². The molecule has 2 rings (SSSR count). The van der Waals surface area contributed by atoms with Crippen LogP contribution in [-0.4, -0.2) is 24.9 Å². The fraction of sp³-hybridized carbons (Fsp3) is 0.211. The Labute approximate surface area is 150 Å². The van der Waals surface area contributed by atoms with E-state index in [1.54, 1.807) is 12.1 Å². The van der Waals surface area contributed by atoms with Gasteiger partial charge in [0.15, 0.2) is 0 Å². The first-order valence-electron chi connectivity index (χ1n) is 7.81. The minimum absolute atomic E-state index is 0.171. The zero-order valence-electron chi connectivity index (χ0n) is 14.6. The quantitative estimate of drug-likeness (QED) is 0.635. The van der Waals surface area contributed by atoms with Gasteiger partial charge in [-0.25, -0.2) is 9.18 Å². The van der Waals surface area contributed by atoms with E-state index in [9.17, 15) is 18.8 Å². The summed E-state index contributed by atoms with van der Waals surface area (Å²) in [4.78, 5) is 36.8. The molecule has 0 fully saturated rings. The zero-order chi connectivity index (χ0) is 19.3. The molecular formula is C19H19FN2O4. The van der Waals surface area contributed by atoms with E-state index < -0.39 is 29.0 Å². The molecule has 0 spiro atoms. The number of carbonyl (C=O) groups excluding carboxylic acids is 3. The molecule has 2 N–H and O–H groups in total. The number of rotatable bonds is 5. The molecule has 0 saturated heterocycles. The lowest BCUT2D eigenvalue weighted by molar-refractivity contribution is -0.135. The minimum atomic E-state index is -1.48. The van der Waals surface area contributed by atoms with E-state index in [0.29, 0.717) is 0 Å². The molecule has 0 aromatic heterocycles. The van der Waals surface area contributed by atoms with Gasteiger partial charge < -0.3 is 15.4 Å². The van der Waals surface area contributed by atoms with Crippen molar-refractivity contribution >= 4 is 29.2 Å². The molecule has 136 valence electrons. The highest BCUT2D eigenvalue weighted by Gasteiger charge is 2.36. The predicted octanol–water partition coefficient (Wildman–Crippen LogP) is 3.22. The first-order valence-corrected chi connectivity index (χ1v) is 7.81. The topological polar surface area (TPSA) is 84.5 Å². The van der Waals surface area contributed by atoms with Gasteiger partial charge in [0.1, 0.15) is 11.2 Å². The van der Waals surface area contributed by atoms with Crippen LogP contribution in [0.5, 0.6) is 0 Å². The van der Waals surface area contributed by atoms with Gasteiger partial charge in [-0.3, -0.25) is 9.59 Å². The number of amides is 2. The van der Waals surface area contributed by atoms with Crippen LogP contribution >= 0.6 is 0 Å². The van der Waals surface area contributed by atoms with Crippen molar-refractivity contribution < 1.29 is 23.5 Å². The number of methoxy groups -OCH3 is 1. The first-order chi connectivity index (χ1) is 12.3. The number of ether oxygens (including phenoxy) is 1. The summed E-state index contributed by atoms with van der Waals surface area (Å²) in [7, 11) is 1.23. The first kappa shape index (κ1) is 19.1. The van der Waals surface area contributed by atoms with Crippen LogP contribution in [0.15, 0.2) is 48.5 Å². The summed E-state index contributed by atoms with van der Waals surface area (Å²) < 4.78 is 17.9. The monoisotopic (exact) mass is 358 g/mol. The zero-order valence-corrected chi connectivity index (χ0v) is 14.6. The second-order valence-electron chi connectivity index (χ2n) is 6.08. The molecule has 2 aromatic rings. The maximum atomic E-state index is 13.2. The number of para-hydroxylation sites is 1. The molecule has 0 aliphatic carbocycles. The average molecular weight is 358 g/mol. The number of esters is 1. The standard InChI is InChI=1S/C19H19FN2O4/c1-19(2,17(24)21-13-8-6-7-12(20)11-13)18(25)22-15-10-5-4-9-14(15)16(23)26-3/h4-11H,1-3H3,(H,21,24)(H,22,25). The maximum Gasteiger partial charge on any atom is 0.339 e. The van der Waals surface area contributed by atoms with Crippen molar-refractivity contribution in [1.82, 2.24) is 0 Å². The van der Waals surface area contributed by atoms with E-state index in [0.717, 1.165) is 6.07 Å². The lowest BCUT2D eigenvalue weighted by atomic mass is 9.90. The maximum absolute atomic E-state index is 13.2. The van der Waals surface area contributed by atoms with E-state index in [-0.39, 0.29) is 16.9 Å². The van der Waals surface area contributed by atoms with Crippen molar-refractivity contribution in [3.8, 4) is 0 Å². The van der Waals surface area contributed by atoms with Crippen LogP contribution in [0.1, 0.15) is 24.2 Å². The molecular weight excluding hydrogens is 339 g/mol. The van der Waals surface area contributed by atoms with Crippen molar-refractivity contribution in [3.63, 3.8) is 0 Å². The summed E-state index contributed by atoms with van der Waals surface area (Å²) in [5.41, 5.74) is -0.832. The molecule has 2 amide bonds. The molecule has 26 heavy (non-hydrogen) atoms. The van der Waals surface area contributed by atoms with E-state index in [4.69, 9.17) is 0 Å². The summed E-state index contributed by atoms with van der Waals surface area (Å²) in [6, 6.07) is 11.7. The highest BCUT2D eigenvalue weighted by molar-refractivity contribution is 6.15. The Bertz CT molecular complexity index is 849. The second kappa shape index (κ2) is 7.77. The van der Waals surface area contributed by atoms with Crippen LogP contribution in [-0.2, 0) is 14.3 Å². The number of anilines is 2. The van der Waals surface area contributed by atoms with Crippen molar-refractivity contribution in [2.75, 3.05) is 17.7 Å². The van der Waals surface area contributed by atoms with Crippen molar-refractivity contribution in [1.29, 1.82) is 0 Å². The molecule has 6 nitrogen and oxygen atoms in total. The van der Waals surface area contributed by atoms with Crippen LogP contribution in [0, 0.1) is 11.2 Å². The minimum Gasteiger partial charge on any atom is -0.465 e. The van der Waals surface area contributed by atoms with Crippen molar-refractivity contribution in [2.45, 2.75) is 13.8 Å². The third kappa shape index (κ3) is 4.24. The molecule has 0 heterocycles. The normalized spacial score (nSPS) is 10.8. The molecule has 0 radical (unpaired) electrons. The van der Waals surface area contributed by atoms with E-state index in [1.807, 2.05) is 0 Å². The molecule has 0 aliphatic heterocycles. The molecule has 0 aliphatic rings. The molecule has 0 unspecified atom stereocenters. The van der Waals surface area contributed by atoms with Gasteiger partial charge in [-0.2, -0.15) is 0 Å². The SMILES string of the molecule is COC(=O)c1ccccc1NC(=O)C(C)(C)C(=O)Nc1cccc(F)c1. The van der Waals surface area contributed by atoms with Crippen LogP contribution in [0.3, 0.4) is 0 Å². The fourth-order valence-corrected chi connectivity index (χ4v) is 2.12. The van der Waals surface area contributed by atoms with Crippen LogP contribution in [0.4, 0.5) is 15.8 Å². The van der Waals surface area contributed by atoms with Crippen LogP contribution in [0.25, 0.3) is 0 Å². The fourth-order valence-electron chi connectivity index (χ4n) is 2.12. The summed E-state index contributed by atoms with van der Waals surface area (Å²) in [6.45, 7) is 2.86. The van der Waals surface area contributed by atoms with Crippen molar-refractivity contribution in [3.05, 3.63) is 59.9 Å². The van der Waals surface area contributed by atoms with Gasteiger partial charge in [0.2, 0.25) is 11.8 Å². The van der Waals surface area contributed by atoms with Crippen LogP contribution < -0.4 is 10.6 Å². The molecule has 0 atom stereocenters. The van der Waals surface area contributed by atoms with Gasteiger partial charge in [-0.15, -0.1) is 0 Å². The van der Waals surface area contributed by atoms with E-state index >= 15 is 0 Å². The molecule has 7 heteroatoms. The highest BCUT2D eigenvalue weighted by Crippen LogP contribution is 2.24. The third-order valence-corrected chi connectivity index (χ3v) is 3.80. The van der Waals surface area contributed by atoms with Crippen molar-refractivity contribution in [2.24, 2.45) is 5.41 Å². The van der Waals surface area contributed by atoms with Crippen LogP contribution in [0.2, 0.25) is 0 Å². The Morgan fingerprint density at radius 3 is 2.27 bits per heavy atom. The largest absolute Gasteiger partial charge is 0.465 e. The Morgan fingerprint density at radius 2 is 1.62 bits per heavy atom. The van der Waals surface area contributed by atoms with Gasteiger partial charge in [0.05, 0.1) is 18.4 Å². The van der Waals surface area contributed by atoms with Gasteiger partial charge >= 0.3 is 5.97 Å². The summed E-state index contributed by atoms with van der Waals surface area (Å²) >= 11 is 0. The predicted molar refractivity (Wildman–Crippen MR) is 95.2 cm³/mol. The second-order valence-corrected chi connectivity index (χ2v) is 6.08. The van der Waals surface area contributed by atoms with E-state index in [2.05, 4.69) is 15.4 Å². The lowest BCUT2D eigenvalue weighted by Gasteiger charge is -2.23. The smallest absolute Gasteiger partial charge is 0.339 e. The third-order valence-electron chi connectivity index (χ3n) is 3.80. The Hall–Kier alpha value is -3.22. The highest BCUT2D eigenvalue weighted by atomic mass is 19.1. The number of hydrogen-bond donors (Lipinski definition) is 2. The number of halogens is 1. The van der Waals surface area contributed by atoms with Gasteiger partial charge in [-0.05, 0) is 44.2 Å². The number of nitrogens with one attached hydrogen (secondary N) is 2. The lowest BCUT2D eigenvalue weighted by Crippen LogP contribution is -2.41. The average Bonchev–Trinajstić information content (AvgIpc) is 2.61. The summed E-state index contributed by atoms with van der Waals surface area (Å²) in [5, 5.41) is 5.08. The summed E-state index contributed by atoms with van der Waals surface area (Å²) in [5.74, 6) is -2.35. The van der Waals surface area contributed by atoms with Gasteiger partial charge in [-0.1, -0.05) is 18.2 Å². The molecule has 2 aromatic carbocycles. The van der Waals surface area contributed by atoms with Gasteiger partial charge in [0, 0.05) is 5.69 Å². The van der Waals surface area contributed by atoms with E-state index in [1.165, 1.54) is 51.3 Å². The number of carbonyl (C=O) groups is 3. The Balaban J connectivity index is 2.17. The Morgan fingerprint density at radius 1 is 0.962 bits per heavy atom. The summed E-state index contributed by atoms with van der Waals surface area (Å²) in [6.07, 6.45) is 0. The molecule has 0 saturated carbocycles. The molecule has 0 bridgehead atoms. The number of hydrogen-bond acceptors (Lipinski definition) is 4. The number of benzene rings is 2. The Kier molecular flexibility index (Phi) is 5.71.